The summed E-state index contributed by atoms with van der Waals surface area (Å²) in [6.07, 6.45) is 0. The Morgan fingerprint density at radius 1 is 1.45 bits per heavy atom. The van der Waals surface area contributed by atoms with Crippen LogP contribution in [0.25, 0.3) is 0 Å². The van der Waals surface area contributed by atoms with Gasteiger partial charge in [0.15, 0.2) is 5.76 Å². The van der Waals surface area contributed by atoms with Crippen molar-refractivity contribution in [3.63, 3.8) is 0 Å². The third kappa shape index (κ3) is 1.80. The number of hydrogen-bond donors (Lipinski definition) is 0. The molecule has 0 fully saturated rings. The Labute approximate surface area is 72.9 Å². The van der Waals surface area contributed by atoms with Crippen molar-refractivity contribution >= 4 is 15.9 Å². The smallest absolute Gasteiger partial charge is 0.266 e. The third-order valence-corrected chi connectivity index (χ3v) is 1.58. The van der Waals surface area contributed by atoms with Gasteiger partial charge in [-0.3, -0.25) is 0 Å². The zero-order chi connectivity index (χ0) is 8.65. The Balaban J connectivity index is 3.13. The van der Waals surface area contributed by atoms with E-state index in [-0.39, 0.29) is 16.0 Å². The van der Waals surface area contributed by atoms with Crippen LogP contribution in [0.2, 0.25) is 0 Å². The van der Waals surface area contributed by atoms with Crippen molar-refractivity contribution in [1.29, 1.82) is 0 Å². The summed E-state index contributed by atoms with van der Waals surface area (Å²) in [5.74, 6) is -0.256. The predicted octanol–water partition coefficient (Wildman–Crippen LogP) is 2.87. The van der Waals surface area contributed by atoms with Crippen LogP contribution in [0, 0.1) is 5.95 Å². The van der Waals surface area contributed by atoms with Gasteiger partial charge in [0.2, 0.25) is 0 Å². The molecular weight excluding hydrogens is 213 g/mol. The first kappa shape index (κ1) is 8.71. The molecule has 0 spiro atoms. The monoisotopic (exact) mass is 221 g/mol. The average molecular weight is 222 g/mol. The van der Waals surface area contributed by atoms with Crippen molar-refractivity contribution in [1.82, 2.24) is 4.98 Å². The second-order valence-corrected chi connectivity index (χ2v) is 4.02. The van der Waals surface area contributed by atoms with Gasteiger partial charge >= 0.3 is 0 Å². The largest absolute Gasteiger partial charge is 0.432 e. The van der Waals surface area contributed by atoms with E-state index in [0.717, 1.165) is 0 Å². The second-order valence-electron chi connectivity index (χ2n) is 3.34. The molecular formula is C7H9BrFNO. The standard InChI is InChI=1S/C7H9BrFNO/c1-7(2,3)4-5(9)10-6(8)11-4/h1-3H3. The Morgan fingerprint density at radius 3 is 2.18 bits per heavy atom. The SMILES string of the molecule is CC(C)(C)c1oc(Br)nc1F. The lowest BCUT2D eigenvalue weighted by Gasteiger charge is -2.12. The molecule has 0 atom stereocenters. The molecule has 0 radical (unpaired) electrons. The first-order valence-electron chi connectivity index (χ1n) is 3.23. The van der Waals surface area contributed by atoms with E-state index in [4.69, 9.17) is 4.42 Å². The second kappa shape index (κ2) is 2.59. The molecule has 0 aliphatic rings. The van der Waals surface area contributed by atoms with E-state index in [1.165, 1.54) is 0 Å². The molecule has 0 saturated carbocycles. The molecule has 11 heavy (non-hydrogen) atoms. The van der Waals surface area contributed by atoms with Gasteiger partial charge in [0.25, 0.3) is 10.7 Å². The lowest BCUT2D eigenvalue weighted by molar-refractivity contribution is 0.372. The van der Waals surface area contributed by atoms with Crippen molar-refractivity contribution in [2.24, 2.45) is 0 Å². The van der Waals surface area contributed by atoms with Gasteiger partial charge in [-0.25, -0.2) is 0 Å². The Hall–Kier alpha value is -0.380. The minimum atomic E-state index is -0.538. The predicted molar refractivity (Wildman–Crippen MR) is 42.9 cm³/mol. The van der Waals surface area contributed by atoms with Crippen LogP contribution in [0.1, 0.15) is 26.5 Å². The molecule has 0 aliphatic heterocycles. The van der Waals surface area contributed by atoms with Gasteiger partial charge in [-0.05, 0) is 0 Å². The molecule has 1 rings (SSSR count). The highest BCUT2D eigenvalue weighted by Crippen LogP contribution is 2.27. The molecule has 0 unspecified atom stereocenters. The van der Waals surface area contributed by atoms with Crippen molar-refractivity contribution in [2.75, 3.05) is 0 Å². The minimum absolute atomic E-state index is 0.194. The van der Waals surface area contributed by atoms with Crippen LogP contribution in [0.4, 0.5) is 4.39 Å². The molecule has 0 aliphatic carbocycles. The summed E-state index contributed by atoms with van der Waals surface area (Å²) >= 11 is 2.96. The van der Waals surface area contributed by atoms with Gasteiger partial charge < -0.3 is 4.42 Å². The van der Waals surface area contributed by atoms with Crippen molar-refractivity contribution in [3.8, 4) is 0 Å². The van der Waals surface area contributed by atoms with Crippen LogP contribution in [0.5, 0.6) is 0 Å². The summed E-state index contributed by atoms with van der Waals surface area (Å²) in [7, 11) is 0. The first-order valence-corrected chi connectivity index (χ1v) is 4.03. The number of rotatable bonds is 0. The summed E-state index contributed by atoms with van der Waals surface area (Å²) in [5, 5.41) is 0. The van der Waals surface area contributed by atoms with Crippen molar-refractivity contribution in [3.05, 3.63) is 16.5 Å². The Kier molecular flexibility index (Phi) is 2.05. The van der Waals surface area contributed by atoms with Gasteiger partial charge in [-0.2, -0.15) is 9.37 Å². The maximum Gasteiger partial charge on any atom is 0.266 e. The molecule has 1 aromatic heterocycles. The zero-order valence-electron chi connectivity index (χ0n) is 6.61. The molecule has 0 saturated heterocycles. The fourth-order valence-corrected chi connectivity index (χ4v) is 1.06. The summed E-state index contributed by atoms with van der Waals surface area (Å²) in [6.45, 7) is 5.59. The van der Waals surface area contributed by atoms with Crippen LogP contribution in [-0.2, 0) is 5.41 Å². The zero-order valence-corrected chi connectivity index (χ0v) is 8.20. The molecule has 4 heteroatoms. The molecule has 2 nitrogen and oxygen atoms in total. The number of aromatic nitrogens is 1. The Morgan fingerprint density at radius 2 is 2.00 bits per heavy atom. The van der Waals surface area contributed by atoms with Crippen LogP contribution in [0.3, 0.4) is 0 Å². The van der Waals surface area contributed by atoms with E-state index >= 15 is 0 Å². The van der Waals surface area contributed by atoms with E-state index in [2.05, 4.69) is 20.9 Å². The molecule has 0 amide bonds. The van der Waals surface area contributed by atoms with E-state index in [1.54, 1.807) is 0 Å². The Bertz CT molecular complexity index is 264. The molecule has 1 heterocycles. The van der Waals surface area contributed by atoms with Gasteiger partial charge in [0, 0.05) is 21.3 Å². The van der Waals surface area contributed by atoms with Gasteiger partial charge in [-0.1, -0.05) is 20.8 Å². The van der Waals surface area contributed by atoms with Crippen LogP contribution in [0.15, 0.2) is 9.22 Å². The fourth-order valence-electron chi connectivity index (χ4n) is 0.740. The van der Waals surface area contributed by atoms with Gasteiger partial charge in [0.05, 0.1) is 0 Å². The average Bonchev–Trinajstić information content (AvgIpc) is 2.08. The molecule has 0 N–H and O–H groups in total. The lowest BCUT2D eigenvalue weighted by atomic mass is 9.94. The highest BCUT2D eigenvalue weighted by atomic mass is 79.9. The van der Waals surface area contributed by atoms with E-state index in [1.807, 2.05) is 20.8 Å². The molecule has 0 bridgehead atoms. The van der Waals surface area contributed by atoms with E-state index in [0.29, 0.717) is 0 Å². The topological polar surface area (TPSA) is 26.0 Å². The van der Waals surface area contributed by atoms with E-state index < -0.39 is 5.95 Å². The summed E-state index contributed by atoms with van der Waals surface area (Å²) in [5.41, 5.74) is -0.330. The highest BCUT2D eigenvalue weighted by molar-refractivity contribution is 9.10. The van der Waals surface area contributed by atoms with Crippen molar-refractivity contribution < 1.29 is 8.81 Å². The number of nitrogens with zero attached hydrogens (tertiary/aromatic N) is 1. The minimum Gasteiger partial charge on any atom is -0.432 e. The number of hydrogen-bond acceptors (Lipinski definition) is 2. The van der Waals surface area contributed by atoms with Crippen molar-refractivity contribution in [2.45, 2.75) is 26.2 Å². The number of halogens is 2. The van der Waals surface area contributed by atoms with E-state index in [9.17, 15) is 4.39 Å². The molecule has 0 aromatic carbocycles. The highest BCUT2D eigenvalue weighted by Gasteiger charge is 2.24. The maximum atomic E-state index is 12.9. The first-order chi connectivity index (χ1) is 4.91. The number of oxazole rings is 1. The summed E-state index contributed by atoms with van der Waals surface area (Å²) in [6, 6.07) is 0. The third-order valence-electron chi connectivity index (χ3n) is 1.24. The van der Waals surface area contributed by atoms with Gasteiger partial charge in [0.1, 0.15) is 0 Å². The van der Waals surface area contributed by atoms with Crippen LogP contribution < -0.4 is 0 Å². The summed E-state index contributed by atoms with van der Waals surface area (Å²) < 4.78 is 17.9. The normalized spacial score (nSPS) is 12.1. The van der Waals surface area contributed by atoms with Crippen LogP contribution >= 0.6 is 15.9 Å². The van der Waals surface area contributed by atoms with Gasteiger partial charge in [-0.15, -0.1) is 0 Å². The quantitative estimate of drug-likeness (QED) is 0.674. The fraction of sp³-hybridized carbons (Fsp3) is 0.571. The summed E-state index contributed by atoms with van der Waals surface area (Å²) in [4.78, 5) is 3.66. The van der Waals surface area contributed by atoms with Crippen LogP contribution in [-0.4, -0.2) is 4.98 Å². The molecule has 1 aromatic rings. The maximum absolute atomic E-state index is 12.9. The lowest BCUT2D eigenvalue weighted by Crippen LogP contribution is -2.11. The molecule has 62 valence electrons.